The van der Waals surface area contributed by atoms with E-state index in [4.69, 9.17) is 4.74 Å². The van der Waals surface area contributed by atoms with Crippen LogP contribution in [0.25, 0.3) is 10.8 Å². The molecule has 0 radical (unpaired) electrons. The minimum absolute atomic E-state index is 0.212. The number of carbonyl (C=O) groups is 1. The van der Waals surface area contributed by atoms with Gasteiger partial charge in [0.05, 0.1) is 11.4 Å². The van der Waals surface area contributed by atoms with Gasteiger partial charge in [0.15, 0.2) is 0 Å². The number of nitrogens with one attached hydrogen (secondary N) is 1. The molecule has 1 atom stereocenters. The van der Waals surface area contributed by atoms with Crippen LogP contribution < -0.4 is 10.1 Å². The van der Waals surface area contributed by atoms with Crippen LogP contribution in [-0.4, -0.2) is 44.4 Å². The van der Waals surface area contributed by atoms with E-state index in [-0.39, 0.29) is 10.8 Å². The van der Waals surface area contributed by atoms with Crippen LogP contribution in [-0.2, 0) is 21.2 Å². The van der Waals surface area contributed by atoms with Crippen LogP contribution in [0.3, 0.4) is 0 Å². The monoisotopic (exact) mass is 514 g/mol. The van der Waals surface area contributed by atoms with Gasteiger partial charge in [0.25, 0.3) is 0 Å². The second-order valence-electron chi connectivity index (χ2n) is 9.19. The molecule has 5 rings (SSSR count). The Kier molecular flexibility index (Phi) is 7.53. The van der Waals surface area contributed by atoms with Crippen molar-refractivity contribution in [1.82, 2.24) is 9.62 Å². The highest BCUT2D eigenvalue weighted by molar-refractivity contribution is 7.89. The molecule has 0 saturated carbocycles. The second kappa shape index (κ2) is 11.2. The van der Waals surface area contributed by atoms with Gasteiger partial charge in [0.2, 0.25) is 15.9 Å². The standard InChI is InChI=1S/C30H30N2O4S/c33-30(31-18-20-36-29-15-7-6-13-26(29)21-23-9-2-1-3-10-23)28-14-8-19-32(28)37(34,35)27-17-16-24-11-4-5-12-25(24)22-27/h1-7,9-13,15-17,22,28H,8,14,18-21H2,(H,31,33). The summed E-state index contributed by atoms with van der Waals surface area (Å²) in [4.78, 5) is 13.2. The zero-order chi connectivity index (χ0) is 25.7. The summed E-state index contributed by atoms with van der Waals surface area (Å²) in [6.45, 7) is 0.914. The third-order valence-corrected chi connectivity index (χ3v) is 8.61. The molecule has 4 aromatic carbocycles. The van der Waals surface area contributed by atoms with Gasteiger partial charge in [0, 0.05) is 13.0 Å². The first kappa shape index (κ1) is 25.0. The average molecular weight is 515 g/mol. The summed E-state index contributed by atoms with van der Waals surface area (Å²) < 4.78 is 34.1. The van der Waals surface area contributed by atoms with Gasteiger partial charge in [-0.3, -0.25) is 4.79 Å². The van der Waals surface area contributed by atoms with E-state index in [0.717, 1.165) is 28.5 Å². The van der Waals surface area contributed by atoms with Gasteiger partial charge < -0.3 is 10.1 Å². The Bertz CT molecular complexity index is 1490. The molecule has 0 bridgehead atoms. The summed E-state index contributed by atoms with van der Waals surface area (Å²) in [5, 5.41) is 4.71. The Morgan fingerprint density at radius 3 is 2.46 bits per heavy atom. The van der Waals surface area contributed by atoms with E-state index in [1.54, 1.807) is 18.2 Å². The predicted molar refractivity (Wildman–Crippen MR) is 145 cm³/mol. The van der Waals surface area contributed by atoms with Crippen molar-refractivity contribution >= 4 is 26.7 Å². The minimum Gasteiger partial charge on any atom is -0.491 e. The van der Waals surface area contributed by atoms with E-state index in [2.05, 4.69) is 17.4 Å². The van der Waals surface area contributed by atoms with E-state index >= 15 is 0 Å². The first-order valence-corrected chi connectivity index (χ1v) is 14.0. The number of ether oxygens (including phenoxy) is 1. The normalized spacial score (nSPS) is 16.1. The molecule has 0 spiro atoms. The van der Waals surface area contributed by atoms with Crippen LogP contribution in [0.5, 0.6) is 5.75 Å². The average Bonchev–Trinajstić information content (AvgIpc) is 3.43. The summed E-state index contributed by atoms with van der Waals surface area (Å²) in [5.74, 6) is 0.491. The van der Waals surface area contributed by atoms with Gasteiger partial charge in [-0.15, -0.1) is 0 Å². The molecule has 1 fully saturated rings. The van der Waals surface area contributed by atoms with Crippen molar-refractivity contribution in [1.29, 1.82) is 0 Å². The lowest BCUT2D eigenvalue weighted by Crippen LogP contribution is -2.46. The number of para-hydroxylation sites is 1. The Labute approximate surface area is 217 Å². The molecule has 1 saturated heterocycles. The van der Waals surface area contributed by atoms with Crippen LogP contribution in [0.2, 0.25) is 0 Å². The fraction of sp³-hybridized carbons (Fsp3) is 0.233. The van der Waals surface area contributed by atoms with Crippen molar-refractivity contribution in [2.45, 2.75) is 30.2 Å². The third kappa shape index (κ3) is 5.68. The summed E-state index contributed by atoms with van der Waals surface area (Å²) in [7, 11) is -3.79. The Hall–Kier alpha value is -3.68. The number of nitrogens with zero attached hydrogens (tertiary/aromatic N) is 1. The highest BCUT2D eigenvalue weighted by Gasteiger charge is 2.39. The Balaban J connectivity index is 1.19. The first-order valence-electron chi connectivity index (χ1n) is 12.6. The van der Waals surface area contributed by atoms with Crippen LogP contribution in [0, 0.1) is 0 Å². The molecular formula is C30H30N2O4S. The van der Waals surface area contributed by atoms with Crippen LogP contribution >= 0.6 is 0 Å². The first-order chi connectivity index (χ1) is 18.0. The van der Waals surface area contributed by atoms with Crippen molar-refractivity contribution in [2.24, 2.45) is 0 Å². The number of benzene rings is 4. The van der Waals surface area contributed by atoms with Crippen molar-refractivity contribution in [2.75, 3.05) is 19.7 Å². The van der Waals surface area contributed by atoms with Gasteiger partial charge in [-0.25, -0.2) is 8.42 Å². The third-order valence-electron chi connectivity index (χ3n) is 6.70. The van der Waals surface area contributed by atoms with E-state index < -0.39 is 16.1 Å². The largest absolute Gasteiger partial charge is 0.491 e. The Morgan fingerprint density at radius 1 is 0.892 bits per heavy atom. The smallest absolute Gasteiger partial charge is 0.243 e. The fourth-order valence-corrected chi connectivity index (χ4v) is 6.50. The molecule has 1 aliphatic heterocycles. The summed E-state index contributed by atoms with van der Waals surface area (Å²) in [5.41, 5.74) is 2.27. The molecule has 1 aliphatic rings. The quantitative estimate of drug-likeness (QED) is 0.326. The lowest BCUT2D eigenvalue weighted by atomic mass is 10.0. The lowest BCUT2D eigenvalue weighted by Gasteiger charge is -2.23. The zero-order valence-electron chi connectivity index (χ0n) is 20.5. The number of hydrogen-bond acceptors (Lipinski definition) is 4. The number of carbonyl (C=O) groups excluding carboxylic acids is 1. The van der Waals surface area contributed by atoms with E-state index in [1.165, 1.54) is 9.87 Å². The Morgan fingerprint density at radius 2 is 1.62 bits per heavy atom. The minimum atomic E-state index is -3.79. The summed E-state index contributed by atoms with van der Waals surface area (Å²) in [6, 6.07) is 30.1. The maximum Gasteiger partial charge on any atom is 0.243 e. The van der Waals surface area contributed by atoms with Crippen molar-refractivity contribution < 1.29 is 17.9 Å². The van der Waals surface area contributed by atoms with Gasteiger partial charge in [-0.1, -0.05) is 78.9 Å². The van der Waals surface area contributed by atoms with Crippen LogP contribution in [0.15, 0.2) is 102 Å². The SMILES string of the molecule is O=C(NCCOc1ccccc1Cc1ccccc1)C1CCCN1S(=O)(=O)c1ccc2ccccc2c1. The summed E-state index contributed by atoms with van der Waals surface area (Å²) >= 11 is 0. The van der Waals surface area contributed by atoms with Crippen molar-refractivity contribution in [3.63, 3.8) is 0 Å². The van der Waals surface area contributed by atoms with Crippen LogP contribution in [0.4, 0.5) is 0 Å². The molecule has 1 heterocycles. The lowest BCUT2D eigenvalue weighted by molar-refractivity contribution is -0.124. The number of sulfonamides is 1. The van der Waals surface area contributed by atoms with Gasteiger partial charge >= 0.3 is 0 Å². The van der Waals surface area contributed by atoms with E-state index in [0.29, 0.717) is 32.5 Å². The van der Waals surface area contributed by atoms with Gasteiger partial charge in [-0.2, -0.15) is 4.31 Å². The number of fused-ring (bicyclic) bond motifs is 1. The van der Waals surface area contributed by atoms with Crippen molar-refractivity contribution in [3.8, 4) is 5.75 Å². The molecule has 1 unspecified atom stereocenters. The van der Waals surface area contributed by atoms with Crippen LogP contribution in [0.1, 0.15) is 24.0 Å². The van der Waals surface area contributed by atoms with Crippen molar-refractivity contribution in [3.05, 3.63) is 108 Å². The zero-order valence-corrected chi connectivity index (χ0v) is 21.4. The maximum absolute atomic E-state index is 13.4. The second-order valence-corrected chi connectivity index (χ2v) is 11.1. The van der Waals surface area contributed by atoms with Gasteiger partial charge in [-0.05, 0) is 52.9 Å². The number of rotatable bonds is 9. The predicted octanol–water partition coefficient (Wildman–Crippen LogP) is 4.78. The molecule has 1 amide bonds. The van der Waals surface area contributed by atoms with E-state index in [1.807, 2.05) is 66.7 Å². The molecule has 190 valence electrons. The molecule has 6 nitrogen and oxygen atoms in total. The maximum atomic E-state index is 13.4. The van der Waals surface area contributed by atoms with E-state index in [9.17, 15) is 13.2 Å². The molecule has 0 aliphatic carbocycles. The molecule has 0 aromatic heterocycles. The molecule has 1 N–H and O–H groups in total. The highest BCUT2D eigenvalue weighted by atomic mass is 32.2. The molecule has 37 heavy (non-hydrogen) atoms. The highest BCUT2D eigenvalue weighted by Crippen LogP contribution is 2.28. The summed E-state index contributed by atoms with van der Waals surface area (Å²) in [6.07, 6.45) is 1.90. The molecular weight excluding hydrogens is 484 g/mol. The topological polar surface area (TPSA) is 75.7 Å². The fourth-order valence-electron chi connectivity index (χ4n) is 4.81. The molecule has 7 heteroatoms. The van der Waals surface area contributed by atoms with Gasteiger partial charge in [0.1, 0.15) is 18.4 Å². The number of hydrogen-bond donors (Lipinski definition) is 1. The molecule has 4 aromatic rings. The number of amides is 1.